The van der Waals surface area contributed by atoms with Crippen LogP contribution in [0.2, 0.25) is 0 Å². The van der Waals surface area contributed by atoms with E-state index in [-0.39, 0.29) is 17.4 Å². The number of aromatic carboxylic acids is 1. The number of phenolic OH excluding ortho intramolecular Hbond substituents is 1. The predicted molar refractivity (Wildman–Crippen MR) is 55.3 cm³/mol. The number of aromatic hydroxyl groups is 1. The van der Waals surface area contributed by atoms with Crippen LogP contribution in [0.3, 0.4) is 0 Å². The highest BCUT2D eigenvalue weighted by molar-refractivity contribution is 5.83. The van der Waals surface area contributed by atoms with Gasteiger partial charge in [0.25, 0.3) is 0 Å². The number of carbonyl (C=O) groups is 1. The fraction of sp³-hybridized carbons (Fsp3) is 0.0909. The molecule has 0 fully saturated rings. The van der Waals surface area contributed by atoms with Gasteiger partial charge in [-0.05, 0) is 19.1 Å². The van der Waals surface area contributed by atoms with Gasteiger partial charge in [0.15, 0.2) is 5.76 Å². The maximum absolute atomic E-state index is 10.7. The summed E-state index contributed by atoms with van der Waals surface area (Å²) in [6, 6.07) is 6.52. The minimum atomic E-state index is -1.23. The van der Waals surface area contributed by atoms with Crippen molar-refractivity contribution in [1.82, 2.24) is 4.98 Å². The van der Waals surface area contributed by atoms with Gasteiger partial charge in [-0.25, -0.2) is 9.78 Å². The van der Waals surface area contributed by atoms with Crippen LogP contribution in [0, 0.1) is 6.92 Å². The third-order valence-electron chi connectivity index (χ3n) is 2.13. The molecule has 1 aromatic heterocycles. The number of aromatic nitrogens is 1. The highest BCUT2D eigenvalue weighted by Gasteiger charge is 2.18. The highest BCUT2D eigenvalue weighted by Crippen LogP contribution is 2.31. The summed E-state index contributed by atoms with van der Waals surface area (Å²) in [5.41, 5.74) is 0.860. The summed E-state index contributed by atoms with van der Waals surface area (Å²) in [6.07, 6.45) is 0. The van der Waals surface area contributed by atoms with Crippen LogP contribution < -0.4 is 0 Å². The number of carboxylic acids is 1. The van der Waals surface area contributed by atoms with E-state index in [9.17, 15) is 9.90 Å². The molecular weight excluding hydrogens is 210 g/mol. The molecule has 1 heterocycles. The van der Waals surface area contributed by atoms with Gasteiger partial charge >= 0.3 is 11.9 Å². The molecule has 0 amide bonds. The van der Waals surface area contributed by atoms with Gasteiger partial charge < -0.3 is 14.6 Å². The number of aryl methyl sites for hydroxylation is 1. The molecule has 82 valence electrons. The van der Waals surface area contributed by atoms with E-state index in [1.165, 1.54) is 6.07 Å². The van der Waals surface area contributed by atoms with Gasteiger partial charge in [-0.15, -0.1) is 0 Å². The van der Waals surface area contributed by atoms with Crippen LogP contribution in [0.25, 0.3) is 11.3 Å². The van der Waals surface area contributed by atoms with Crippen molar-refractivity contribution >= 4 is 5.97 Å². The lowest BCUT2D eigenvalue weighted by atomic mass is 10.1. The fourth-order valence-corrected chi connectivity index (χ4v) is 1.40. The number of hydrogen-bond donors (Lipinski definition) is 2. The quantitative estimate of drug-likeness (QED) is 0.807. The van der Waals surface area contributed by atoms with Gasteiger partial charge in [-0.2, -0.15) is 0 Å². The zero-order valence-corrected chi connectivity index (χ0v) is 8.47. The first-order chi connectivity index (χ1) is 7.59. The van der Waals surface area contributed by atoms with Crippen molar-refractivity contribution in [3.63, 3.8) is 0 Å². The molecule has 0 bridgehead atoms. The van der Waals surface area contributed by atoms with Gasteiger partial charge in [0.2, 0.25) is 0 Å². The summed E-state index contributed by atoms with van der Waals surface area (Å²) in [5.74, 6) is -1.31. The molecule has 0 aliphatic heterocycles. The van der Waals surface area contributed by atoms with E-state index >= 15 is 0 Å². The highest BCUT2D eigenvalue weighted by atomic mass is 16.4. The summed E-state index contributed by atoms with van der Waals surface area (Å²) in [5, 5.41) is 18.3. The molecule has 5 heteroatoms. The van der Waals surface area contributed by atoms with Crippen LogP contribution in [0.5, 0.6) is 5.75 Å². The maximum Gasteiger partial charge on any atom is 0.392 e. The number of rotatable bonds is 2. The van der Waals surface area contributed by atoms with E-state index in [0.717, 1.165) is 0 Å². The van der Waals surface area contributed by atoms with Crippen molar-refractivity contribution in [2.45, 2.75) is 6.92 Å². The summed E-state index contributed by atoms with van der Waals surface area (Å²) >= 11 is 0. The zero-order chi connectivity index (χ0) is 11.7. The van der Waals surface area contributed by atoms with E-state index in [1.54, 1.807) is 25.1 Å². The monoisotopic (exact) mass is 219 g/mol. The largest absolute Gasteiger partial charge is 0.507 e. The molecule has 0 unspecified atom stereocenters. The summed E-state index contributed by atoms with van der Waals surface area (Å²) in [4.78, 5) is 14.4. The summed E-state index contributed by atoms with van der Waals surface area (Å²) < 4.78 is 5.07. The van der Waals surface area contributed by atoms with Crippen LogP contribution in [0.4, 0.5) is 0 Å². The Kier molecular flexibility index (Phi) is 2.36. The predicted octanol–water partition coefficient (Wildman–Crippen LogP) is 2.05. The second-order valence-corrected chi connectivity index (χ2v) is 3.26. The zero-order valence-electron chi connectivity index (χ0n) is 8.47. The Morgan fingerprint density at radius 2 is 2.06 bits per heavy atom. The number of nitrogens with zero attached hydrogens (tertiary/aromatic N) is 1. The Morgan fingerprint density at radius 1 is 1.38 bits per heavy atom. The van der Waals surface area contributed by atoms with Crippen LogP contribution in [0.15, 0.2) is 28.7 Å². The van der Waals surface area contributed by atoms with E-state index in [0.29, 0.717) is 11.3 Å². The number of para-hydroxylation sites is 1. The standard InChI is InChI=1S/C11H9NO4/c1-6-9(16-10(12-6)11(14)15)7-4-2-3-5-8(7)13/h2-5,13H,1H3,(H,14,15). The minimum absolute atomic E-state index is 0.0266. The van der Waals surface area contributed by atoms with Gasteiger partial charge in [0, 0.05) is 0 Å². The first-order valence-electron chi connectivity index (χ1n) is 4.58. The van der Waals surface area contributed by atoms with Crippen molar-refractivity contribution in [2.24, 2.45) is 0 Å². The molecule has 0 aliphatic rings. The molecular formula is C11H9NO4. The number of benzene rings is 1. The molecule has 0 saturated heterocycles. The van der Waals surface area contributed by atoms with Crippen molar-refractivity contribution in [3.8, 4) is 17.1 Å². The van der Waals surface area contributed by atoms with Crippen LogP contribution >= 0.6 is 0 Å². The fourth-order valence-electron chi connectivity index (χ4n) is 1.40. The van der Waals surface area contributed by atoms with Gasteiger partial charge in [0.1, 0.15) is 5.75 Å². The lowest BCUT2D eigenvalue weighted by Crippen LogP contribution is -1.95. The third-order valence-corrected chi connectivity index (χ3v) is 2.13. The molecule has 16 heavy (non-hydrogen) atoms. The first kappa shape index (κ1) is 10.2. The molecule has 2 rings (SSSR count). The van der Waals surface area contributed by atoms with Crippen molar-refractivity contribution in [1.29, 1.82) is 0 Å². The number of phenols is 1. The van der Waals surface area contributed by atoms with Crippen LogP contribution in [0.1, 0.15) is 16.4 Å². The molecule has 0 aliphatic carbocycles. The molecule has 0 spiro atoms. The maximum atomic E-state index is 10.7. The molecule has 2 N–H and O–H groups in total. The molecule has 0 saturated carbocycles. The average molecular weight is 219 g/mol. The number of oxazole rings is 1. The third kappa shape index (κ3) is 1.63. The minimum Gasteiger partial charge on any atom is -0.507 e. The van der Waals surface area contributed by atoms with Gasteiger partial charge in [-0.3, -0.25) is 0 Å². The van der Waals surface area contributed by atoms with E-state index in [2.05, 4.69) is 4.98 Å². The molecule has 1 aromatic carbocycles. The normalized spacial score (nSPS) is 10.3. The lowest BCUT2D eigenvalue weighted by molar-refractivity contribution is 0.0654. The van der Waals surface area contributed by atoms with Crippen LogP contribution in [-0.2, 0) is 0 Å². The second-order valence-electron chi connectivity index (χ2n) is 3.26. The van der Waals surface area contributed by atoms with E-state index in [4.69, 9.17) is 9.52 Å². The van der Waals surface area contributed by atoms with Gasteiger partial charge in [0.05, 0.1) is 11.3 Å². The average Bonchev–Trinajstić information content (AvgIpc) is 2.61. The second kappa shape index (κ2) is 3.69. The molecule has 0 atom stereocenters. The molecule has 2 aromatic rings. The van der Waals surface area contributed by atoms with Gasteiger partial charge in [-0.1, -0.05) is 12.1 Å². The first-order valence-corrected chi connectivity index (χ1v) is 4.58. The van der Waals surface area contributed by atoms with Crippen molar-refractivity contribution in [3.05, 3.63) is 35.9 Å². The van der Waals surface area contributed by atoms with Crippen molar-refractivity contribution in [2.75, 3.05) is 0 Å². The Hall–Kier alpha value is -2.30. The Balaban J connectivity index is 2.57. The molecule has 5 nitrogen and oxygen atoms in total. The lowest BCUT2D eigenvalue weighted by Gasteiger charge is -2.00. The Bertz CT molecular complexity index is 545. The topological polar surface area (TPSA) is 83.6 Å². The van der Waals surface area contributed by atoms with E-state index < -0.39 is 5.97 Å². The van der Waals surface area contributed by atoms with Crippen LogP contribution in [-0.4, -0.2) is 21.2 Å². The number of carboxylic acid groups (broad SMARTS) is 1. The summed E-state index contributed by atoms with van der Waals surface area (Å²) in [7, 11) is 0. The molecule has 0 radical (unpaired) electrons. The Morgan fingerprint density at radius 3 is 2.62 bits per heavy atom. The van der Waals surface area contributed by atoms with E-state index in [1.807, 2.05) is 0 Å². The number of hydrogen-bond acceptors (Lipinski definition) is 4. The smallest absolute Gasteiger partial charge is 0.392 e. The van der Waals surface area contributed by atoms with Crippen molar-refractivity contribution < 1.29 is 19.4 Å². The SMILES string of the molecule is Cc1nc(C(=O)O)oc1-c1ccccc1O. The summed E-state index contributed by atoms with van der Waals surface area (Å²) in [6.45, 7) is 1.62. The Labute approximate surface area is 91.0 Å².